The zero-order valence-electron chi connectivity index (χ0n) is 20.1. The average Bonchev–Trinajstić information content (AvgIpc) is 3.68. The van der Waals surface area contributed by atoms with Crippen LogP contribution in [-0.2, 0) is 21.8 Å². The minimum absolute atomic E-state index is 0.0788. The van der Waals surface area contributed by atoms with E-state index in [9.17, 15) is 35.9 Å². The highest BCUT2D eigenvalue weighted by Gasteiger charge is 2.49. The highest BCUT2D eigenvalue weighted by atomic mass is 32.1. The Balaban J connectivity index is 0.000000155. The molecular weight excluding hydrogens is 562 g/mol. The van der Waals surface area contributed by atoms with Crippen LogP contribution >= 0.6 is 22.7 Å². The fraction of sp³-hybridized carbons (Fsp3) is 0.636. The van der Waals surface area contributed by atoms with Gasteiger partial charge >= 0.3 is 12.4 Å². The molecule has 0 radical (unpaired) electrons. The molecule has 4 heterocycles. The average molecular weight is 585 g/mol. The van der Waals surface area contributed by atoms with Gasteiger partial charge in [-0.05, 0) is 12.8 Å². The SMILES string of the molecule is CC(=O)c1nc(C(F)(F)F)sc1N1CCO[C@@H]2C[C@@H]21.CC(=O)c1nc(C(F)(F)F)sc1N1CCO[C@H]2C[C@H]21. The molecule has 0 unspecified atom stereocenters. The van der Waals surface area contributed by atoms with Crippen LogP contribution in [0.2, 0.25) is 0 Å². The van der Waals surface area contributed by atoms with Crippen molar-refractivity contribution in [2.24, 2.45) is 0 Å². The zero-order valence-corrected chi connectivity index (χ0v) is 21.7. The number of alkyl halides is 6. The topological polar surface area (TPSA) is 84.9 Å². The number of halogens is 6. The molecule has 2 aromatic rings. The minimum atomic E-state index is -4.51. The summed E-state index contributed by atoms with van der Waals surface area (Å²) in [5, 5.41) is -1.26. The Bertz CT molecular complexity index is 1150. The fourth-order valence-electron chi connectivity index (χ4n) is 4.49. The second kappa shape index (κ2) is 9.71. The quantitative estimate of drug-likeness (QED) is 0.379. The smallest absolute Gasteiger partial charge is 0.374 e. The standard InChI is InChI=1S/2C11H11F3N2O2S/c2*1-5(17)8-9(19-10(15-8)11(12,13)14)16-2-3-18-7-4-6(7)16/h2*6-7H,2-4H2,1H3/t2*6-,7+/m10/s1. The molecule has 208 valence electrons. The normalized spacial score (nSPS) is 26.2. The predicted molar refractivity (Wildman–Crippen MR) is 125 cm³/mol. The number of rotatable bonds is 4. The monoisotopic (exact) mass is 584 g/mol. The van der Waals surface area contributed by atoms with Crippen LogP contribution in [0.4, 0.5) is 36.3 Å². The Morgan fingerprint density at radius 2 is 1.13 bits per heavy atom. The van der Waals surface area contributed by atoms with Crippen molar-refractivity contribution in [2.75, 3.05) is 36.1 Å². The molecule has 4 atom stereocenters. The van der Waals surface area contributed by atoms with Crippen molar-refractivity contribution in [3.8, 4) is 0 Å². The molecular formula is C22H22F6N4O4S2. The summed E-state index contributed by atoms with van der Waals surface area (Å²) in [6, 6.07) is 0.182. The number of morpholine rings is 2. The first kappa shape index (κ1) is 27.3. The maximum atomic E-state index is 12.7. The summed E-state index contributed by atoms with van der Waals surface area (Å²) in [4.78, 5) is 33.6. The number of carbonyl (C=O) groups is 2. The van der Waals surface area contributed by atoms with Crippen LogP contribution in [0.25, 0.3) is 0 Å². The van der Waals surface area contributed by atoms with Crippen molar-refractivity contribution in [1.82, 2.24) is 9.97 Å². The van der Waals surface area contributed by atoms with Gasteiger partial charge in [-0.3, -0.25) is 9.59 Å². The zero-order chi connectivity index (χ0) is 27.6. The number of ether oxygens (including phenoxy) is 2. The van der Waals surface area contributed by atoms with Crippen molar-refractivity contribution in [2.45, 2.75) is 63.3 Å². The Morgan fingerprint density at radius 1 is 0.763 bits per heavy atom. The van der Waals surface area contributed by atoms with Crippen LogP contribution in [0.3, 0.4) is 0 Å². The van der Waals surface area contributed by atoms with Crippen molar-refractivity contribution in [3.63, 3.8) is 0 Å². The van der Waals surface area contributed by atoms with Gasteiger partial charge < -0.3 is 19.3 Å². The van der Waals surface area contributed by atoms with Gasteiger partial charge in [-0.2, -0.15) is 26.3 Å². The van der Waals surface area contributed by atoms with E-state index in [0.29, 0.717) is 59.0 Å². The summed E-state index contributed by atoms with van der Waals surface area (Å²) in [6.45, 7) is 4.42. The number of nitrogens with zero attached hydrogens (tertiary/aromatic N) is 4. The van der Waals surface area contributed by atoms with Gasteiger partial charge in [0, 0.05) is 26.9 Å². The van der Waals surface area contributed by atoms with E-state index in [-0.39, 0.29) is 35.7 Å². The van der Waals surface area contributed by atoms with E-state index in [1.54, 1.807) is 0 Å². The first-order valence-electron chi connectivity index (χ1n) is 11.7. The Morgan fingerprint density at radius 3 is 1.45 bits per heavy atom. The van der Waals surface area contributed by atoms with E-state index in [2.05, 4.69) is 9.97 Å². The third-order valence-corrected chi connectivity index (χ3v) is 8.70. The fourth-order valence-corrected chi connectivity index (χ4v) is 6.62. The van der Waals surface area contributed by atoms with Crippen molar-refractivity contribution >= 4 is 44.2 Å². The van der Waals surface area contributed by atoms with Gasteiger partial charge in [-0.25, -0.2) is 9.97 Å². The molecule has 38 heavy (non-hydrogen) atoms. The second-order valence-corrected chi connectivity index (χ2v) is 11.2. The Labute approximate surface area is 220 Å². The Kier molecular flexibility index (Phi) is 6.97. The lowest BCUT2D eigenvalue weighted by molar-refractivity contribution is -0.138. The molecule has 0 N–H and O–H groups in total. The van der Waals surface area contributed by atoms with E-state index >= 15 is 0 Å². The summed E-state index contributed by atoms with van der Waals surface area (Å²) in [6.07, 6.45) is -7.24. The first-order chi connectivity index (χ1) is 17.8. The maximum Gasteiger partial charge on any atom is 0.443 e. The summed E-state index contributed by atoms with van der Waals surface area (Å²) < 4.78 is 87.1. The molecule has 4 aliphatic rings. The van der Waals surface area contributed by atoms with Crippen molar-refractivity contribution < 1.29 is 45.4 Å². The van der Waals surface area contributed by atoms with Crippen LogP contribution in [0.15, 0.2) is 0 Å². The number of hydrogen-bond donors (Lipinski definition) is 0. The number of ketones is 2. The van der Waals surface area contributed by atoms with Crippen molar-refractivity contribution in [1.29, 1.82) is 0 Å². The Hall–Kier alpha value is -2.30. The third kappa shape index (κ3) is 5.40. The van der Waals surface area contributed by atoms with E-state index in [0.717, 1.165) is 12.8 Å². The van der Waals surface area contributed by atoms with Crippen molar-refractivity contribution in [3.05, 3.63) is 21.4 Å². The van der Waals surface area contributed by atoms with Crippen LogP contribution in [-0.4, -0.2) is 72.1 Å². The highest BCUT2D eigenvalue weighted by molar-refractivity contribution is 7.16. The number of anilines is 2. The molecule has 0 aromatic carbocycles. The molecule has 4 fully saturated rings. The van der Waals surface area contributed by atoms with Gasteiger partial charge in [-0.1, -0.05) is 22.7 Å². The molecule has 2 saturated heterocycles. The highest BCUT2D eigenvalue weighted by Crippen LogP contribution is 2.46. The lowest BCUT2D eigenvalue weighted by atomic mass is 10.3. The number of fused-ring (bicyclic) bond motifs is 2. The molecule has 0 amide bonds. The molecule has 16 heteroatoms. The molecule has 2 aromatic heterocycles. The second-order valence-electron chi connectivity index (χ2n) is 9.26. The largest absolute Gasteiger partial charge is 0.443 e. The lowest BCUT2D eigenvalue weighted by Gasteiger charge is -2.27. The van der Waals surface area contributed by atoms with Gasteiger partial charge in [0.15, 0.2) is 11.6 Å². The van der Waals surface area contributed by atoms with Gasteiger partial charge in [0.25, 0.3) is 0 Å². The predicted octanol–water partition coefficient (Wildman–Crippen LogP) is 4.68. The number of thiazole rings is 2. The molecule has 0 spiro atoms. The molecule has 2 saturated carbocycles. The lowest BCUT2D eigenvalue weighted by Crippen LogP contribution is -2.36. The summed E-state index contributed by atoms with van der Waals surface area (Å²) in [7, 11) is 0. The third-order valence-electron chi connectivity index (χ3n) is 6.42. The molecule has 6 rings (SSSR count). The maximum absolute atomic E-state index is 12.7. The molecule has 2 aliphatic heterocycles. The van der Waals surface area contributed by atoms with Crippen LogP contribution in [0.5, 0.6) is 0 Å². The number of aromatic nitrogens is 2. The van der Waals surface area contributed by atoms with E-state index in [4.69, 9.17) is 9.47 Å². The van der Waals surface area contributed by atoms with Gasteiger partial charge in [0.05, 0.1) is 37.5 Å². The summed E-state index contributed by atoms with van der Waals surface area (Å²) in [5.74, 6) is -0.879. The molecule has 8 nitrogen and oxygen atoms in total. The van der Waals surface area contributed by atoms with Crippen LogP contribution in [0.1, 0.15) is 57.7 Å². The summed E-state index contributed by atoms with van der Waals surface area (Å²) in [5.41, 5.74) is -0.158. The van der Waals surface area contributed by atoms with E-state index in [1.807, 2.05) is 9.80 Å². The van der Waals surface area contributed by atoms with Gasteiger partial charge in [0.2, 0.25) is 10.0 Å². The van der Waals surface area contributed by atoms with E-state index in [1.165, 1.54) is 13.8 Å². The van der Waals surface area contributed by atoms with E-state index < -0.39 is 33.9 Å². The van der Waals surface area contributed by atoms with Crippen LogP contribution < -0.4 is 9.80 Å². The molecule has 2 aliphatic carbocycles. The number of hydrogen-bond acceptors (Lipinski definition) is 10. The number of carbonyl (C=O) groups excluding carboxylic acids is 2. The first-order valence-corrected chi connectivity index (χ1v) is 13.3. The minimum Gasteiger partial charge on any atom is -0.374 e. The van der Waals surface area contributed by atoms with Crippen LogP contribution in [0, 0.1) is 0 Å². The van der Waals surface area contributed by atoms with Gasteiger partial charge in [-0.15, -0.1) is 0 Å². The van der Waals surface area contributed by atoms with Gasteiger partial charge in [0.1, 0.15) is 21.4 Å². The number of Topliss-reactive ketones (excluding diaryl/α,β-unsaturated/α-hetero) is 2. The summed E-state index contributed by atoms with van der Waals surface area (Å²) >= 11 is 1.09. The molecule has 0 bridgehead atoms.